The van der Waals surface area contributed by atoms with Crippen LogP contribution in [-0.4, -0.2) is 37.6 Å². The molecule has 1 amide bonds. The lowest BCUT2D eigenvalue weighted by Gasteiger charge is -2.25. The molecule has 1 aromatic heterocycles. The number of amides is 1. The van der Waals surface area contributed by atoms with Crippen molar-refractivity contribution in [2.45, 2.75) is 26.3 Å². The predicted molar refractivity (Wildman–Crippen MR) is 78.4 cm³/mol. The van der Waals surface area contributed by atoms with Crippen LogP contribution >= 0.6 is 11.6 Å². The van der Waals surface area contributed by atoms with E-state index in [1.54, 1.807) is 26.8 Å². The van der Waals surface area contributed by atoms with Gasteiger partial charge in [0.1, 0.15) is 5.15 Å². The Morgan fingerprint density at radius 1 is 1.40 bits per heavy atom. The number of halogens is 1. The van der Waals surface area contributed by atoms with Crippen molar-refractivity contribution >= 4 is 27.5 Å². The standard InChI is InChI=1S/C12H18ClN3O3S/c1-8-5-9(6-10(13)15-8)11(17)14-7-12(2,3)16-20(4,18)19/h5-6,16H,7H2,1-4H3,(H,14,17). The summed E-state index contributed by atoms with van der Waals surface area (Å²) < 4.78 is 24.8. The summed E-state index contributed by atoms with van der Waals surface area (Å²) in [5.41, 5.74) is 0.239. The van der Waals surface area contributed by atoms with Crippen LogP contribution in [0.25, 0.3) is 0 Å². The van der Waals surface area contributed by atoms with Crippen LogP contribution in [0.3, 0.4) is 0 Å². The number of hydrogen-bond acceptors (Lipinski definition) is 4. The van der Waals surface area contributed by atoms with Crippen molar-refractivity contribution in [1.29, 1.82) is 0 Å². The number of hydrogen-bond donors (Lipinski definition) is 2. The molecule has 0 spiro atoms. The molecule has 6 nitrogen and oxygen atoms in total. The van der Waals surface area contributed by atoms with Crippen LogP contribution in [0.1, 0.15) is 29.9 Å². The molecule has 0 bridgehead atoms. The molecule has 0 saturated carbocycles. The zero-order chi connectivity index (χ0) is 15.6. The Hall–Kier alpha value is -1.18. The molecule has 1 heterocycles. The van der Waals surface area contributed by atoms with Crippen LogP contribution in [0.15, 0.2) is 12.1 Å². The van der Waals surface area contributed by atoms with Gasteiger partial charge in [-0.25, -0.2) is 18.1 Å². The van der Waals surface area contributed by atoms with Crippen LogP contribution in [0.4, 0.5) is 0 Å². The fourth-order valence-corrected chi connectivity index (χ4v) is 3.03. The minimum absolute atomic E-state index is 0.151. The largest absolute Gasteiger partial charge is 0.350 e. The Balaban J connectivity index is 2.72. The smallest absolute Gasteiger partial charge is 0.251 e. The van der Waals surface area contributed by atoms with E-state index in [4.69, 9.17) is 11.6 Å². The summed E-state index contributed by atoms with van der Waals surface area (Å²) in [5, 5.41) is 2.90. The number of carbonyl (C=O) groups is 1. The van der Waals surface area contributed by atoms with Crippen molar-refractivity contribution in [1.82, 2.24) is 15.0 Å². The van der Waals surface area contributed by atoms with Gasteiger partial charge in [0.05, 0.1) is 6.26 Å². The zero-order valence-electron chi connectivity index (χ0n) is 11.8. The number of nitrogens with one attached hydrogen (secondary N) is 2. The molecule has 8 heteroatoms. The number of pyridine rings is 1. The van der Waals surface area contributed by atoms with Crippen LogP contribution in [-0.2, 0) is 10.0 Å². The molecule has 1 rings (SSSR count). The summed E-state index contributed by atoms with van der Waals surface area (Å²) in [6.45, 7) is 5.24. The van der Waals surface area contributed by atoms with Gasteiger partial charge >= 0.3 is 0 Å². The van der Waals surface area contributed by atoms with Crippen molar-refractivity contribution in [3.05, 3.63) is 28.5 Å². The highest BCUT2D eigenvalue weighted by Crippen LogP contribution is 2.10. The molecule has 112 valence electrons. The number of sulfonamides is 1. The fourth-order valence-electron chi connectivity index (χ4n) is 1.70. The second kappa shape index (κ2) is 6.07. The lowest BCUT2D eigenvalue weighted by Crippen LogP contribution is -2.51. The van der Waals surface area contributed by atoms with E-state index in [0.29, 0.717) is 11.3 Å². The summed E-state index contributed by atoms with van der Waals surface area (Å²) in [6.07, 6.45) is 1.07. The minimum Gasteiger partial charge on any atom is -0.350 e. The Kier molecular flexibility index (Phi) is 5.12. The van der Waals surface area contributed by atoms with Crippen molar-refractivity contribution in [3.63, 3.8) is 0 Å². The highest BCUT2D eigenvalue weighted by Gasteiger charge is 2.23. The number of rotatable bonds is 5. The van der Waals surface area contributed by atoms with E-state index < -0.39 is 15.6 Å². The first kappa shape index (κ1) is 16.9. The molecule has 0 radical (unpaired) electrons. The van der Waals surface area contributed by atoms with Crippen LogP contribution < -0.4 is 10.0 Å². The first-order valence-corrected chi connectivity index (χ1v) is 8.17. The third-order valence-corrected chi connectivity index (χ3v) is 3.45. The van der Waals surface area contributed by atoms with Gasteiger partial charge in [-0.05, 0) is 32.9 Å². The van der Waals surface area contributed by atoms with Gasteiger partial charge in [0.15, 0.2) is 0 Å². The molecule has 0 saturated heterocycles. The molecular weight excluding hydrogens is 302 g/mol. The number of aromatic nitrogens is 1. The second-order valence-electron chi connectivity index (χ2n) is 5.26. The molecular formula is C12H18ClN3O3S. The number of aryl methyl sites for hydroxylation is 1. The van der Waals surface area contributed by atoms with Gasteiger partial charge in [-0.3, -0.25) is 4.79 Å². The maximum Gasteiger partial charge on any atom is 0.251 e. The normalized spacial score (nSPS) is 12.2. The van der Waals surface area contributed by atoms with E-state index in [2.05, 4.69) is 15.0 Å². The van der Waals surface area contributed by atoms with Crippen molar-refractivity contribution in [2.75, 3.05) is 12.8 Å². The molecule has 0 aliphatic heterocycles. The Labute approximate surface area is 124 Å². The SMILES string of the molecule is Cc1cc(C(=O)NCC(C)(C)NS(C)(=O)=O)cc(Cl)n1. The highest BCUT2D eigenvalue weighted by molar-refractivity contribution is 7.88. The molecule has 0 aliphatic rings. The van der Waals surface area contributed by atoms with E-state index in [1.807, 2.05) is 0 Å². The second-order valence-corrected chi connectivity index (χ2v) is 7.40. The van der Waals surface area contributed by atoms with E-state index in [9.17, 15) is 13.2 Å². The lowest BCUT2D eigenvalue weighted by molar-refractivity contribution is 0.0944. The summed E-state index contributed by atoms with van der Waals surface area (Å²) >= 11 is 5.79. The molecule has 0 aliphatic carbocycles. The monoisotopic (exact) mass is 319 g/mol. The zero-order valence-corrected chi connectivity index (χ0v) is 13.4. The third kappa shape index (κ3) is 5.85. The molecule has 1 aromatic rings. The van der Waals surface area contributed by atoms with Crippen LogP contribution in [0.5, 0.6) is 0 Å². The van der Waals surface area contributed by atoms with Crippen molar-refractivity contribution in [2.24, 2.45) is 0 Å². The first-order valence-electron chi connectivity index (χ1n) is 5.90. The van der Waals surface area contributed by atoms with E-state index in [0.717, 1.165) is 6.26 Å². The Morgan fingerprint density at radius 2 is 2.00 bits per heavy atom. The topological polar surface area (TPSA) is 88.2 Å². The van der Waals surface area contributed by atoms with E-state index in [-0.39, 0.29) is 17.6 Å². The molecule has 20 heavy (non-hydrogen) atoms. The fraction of sp³-hybridized carbons (Fsp3) is 0.500. The lowest BCUT2D eigenvalue weighted by atomic mass is 10.1. The molecule has 0 atom stereocenters. The van der Waals surface area contributed by atoms with Crippen LogP contribution in [0, 0.1) is 6.92 Å². The Morgan fingerprint density at radius 3 is 2.50 bits per heavy atom. The number of carbonyl (C=O) groups excluding carboxylic acids is 1. The summed E-state index contributed by atoms with van der Waals surface area (Å²) in [6, 6.07) is 3.07. The minimum atomic E-state index is -3.34. The predicted octanol–water partition coefficient (Wildman–Crippen LogP) is 1.10. The average Bonchev–Trinajstić information content (AvgIpc) is 2.21. The quantitative estimate of drug-likeness (QED) is 0.796. The molecule has 2 N–H and O–H groups in total. The highest BCUT2D eigenvalue weighted by atomic mass is 35.5. The molecule has 0 aromatic carbocycles. The van der Waals surface area contributed by atoms with Crippen molar-refractivity contribution in [3.8, 4) is 0 Å². The summed E-state index contributed by atoms with van der Waals surface area (Å²) in [4.78, 5) is 16.0. The summed E-state index contributed by atoms with van der Waals surface area (Å²) in [7, 11) is -3.34. The van der Waals surface area contributed by atoms with Gasteiger partial charge in [0.2, 0.25) is 10.0 Å². The maximum absolute atomic E-state index is 12.0. The summed E-state index contributed by atoms with van der Waals surface area (Å²) in [5.74, 6) is -0.333. The van der Waals surface area contributed by atoms with Gasteiger partial charge in [-0.2, -0.15) is 0 Å². The molecule has 0 fully saturated rings. The van der Waals surface area contributed by atoms with Gasteiger partial charge in [0.25, 0.3) is 5.91 Å². The van der Waals surface area contributed by atoms with Gasteiger partial charge in [-0.1, -0.05) is 11.6 Å². The number of nitrogens with zero attached hydrogens (tertiary/aromatic N) is 1. The van der Waals surface area contributed by atoms with E-state index in [1.165, 1.54) is 6.07 Å². The van der Waals surface area contributed by atoms with Crippen molar-refractivity contribution < 1.29 is 13.2 Å². The van der Waals surface area contributed by atoms with Gasteiger partial charge < -0.3 is 5.32 Å². The van der Waals surface area contributed by atoms with E-state index >= 15 is 0 Å². The molecule has 0 unspecified atom stereocenters. The Bertz CT molecular complexity index is 594. The van der Waals surface area contributed by atoms with Gasteiger partial charge in [0, 0.05) is 23.3 Å². The van der Waals surface area contributed by atoms with Gasteiger partial charge in [-0.15, -0.1) is 0 Å². The third-order valence-electron chi connectivity index (χ3n) is 2.34. The maximum atomic E-state index is 12.0. The first-order chi connectivity index (χ1) is 8.98. The van der Waals surface area contributed by atoms with Crippen LogP contribution in [0.2, 0.25) is 5.15 Å². The average molecular weight is 320 g/mol.